The van der Waals surface area contributed by atoms with Crippen LogP contribution < -0.4 is 5.32 Å². The van der Waals surface area contributed by atoms with Crippen LogP contribution >= 0.6 is 27.3 Å². The second-order valence-electron chi connectivity index (χ2n) is 4.27. The first-order valence-electron chi connectivity index (χ1n) is 6.11. The first-order chi connectivity index (χ1) is 8.70. The van der Waals surface area contributed by atoms with Crippen LogP contribution in [0.25, 0.3) is 0 Å². The number of nitrogens with one attached hydrogen (secondary N) is 1. The highest BCUT2D eigenvalue weighted by Crippen LogP contribution is 2.24. The number of aromatic nitrogens is 1. The third kappa shape index (κ3) is 3.40. The molecule has 2 atom stereocenters. The topological polar surface area (TPSA) is 24.9 Å². The average molecular weight is 325 g/mol. The normalized spacial score (nSPS) is 14.4. The molecule has 1 heterocycles. The van der Waals surface area contributed by atoms with Gasteiger partial charge in [-0.1, -0.05) is 35.0 Å². The molecule has 1 aromatic heterocycles. The number of benzene rings is 1. The highest BCUT2D eigenvalue weighted by molar-refractivity contribution is 9.10. The maximum Gasteiger partial charge on any atom is 0.109 e. The number of nitrogens with zero attached hydrogens (tertiary/aromatic N) is 1. The molecule has 0 saturated carbocycles. The van der Waals surface area contributed by atoms with Crippen LogP contribution in [0.5, 0.6) is 0 Å². The molecular formula is C14H17BrN2S. The van der Waals surface area contributed by atoms with Gasteiger partial charge in [-0.25, -0.2) is 4.98 Å². The quantitative estimate of drug-likeness (QED) is 0.861. The lowest BCUT2D eigenvalue weighted by molar-refractivity contribution is 0.455. The molecule has 0 aliphatic carbocycles. The first-order valence-corrected chi connectivity index (χ1v) is 7.79. The van der Waals surface area contributed by atoms with Crippen LogP contribution in [0.1, 0.15) is 42.9 Å². The largest absolute Gasteiger partial charge is 0.301 e. The van der Waals surface area contributed by atoms with Gasteiger partial charge in [-0.15, -0.1) is 11.3 Å². The van der Waals surface area contributed by atoms with Crippen molar-refractivity contribution in [3.05, 3.63) is 50.9 Å². The van der Waals surface area contributed by atoms with E-state index in [0.717, 1.165) is 10.9 Å². The van der Waals surface area contributed by atoms with Gasteiger partial charge in [0.15, 0.2) is 0 Å². The van der Waals surface area contributed by atoms with Crippen molar-refractivity contribution in [3.8, 4) is 0 Å². The van der Waals surface area contributed by atoms with Crippen LogP contribution in [0, 0.1) is 0 Å². The third-order valence-electron chi connectivity index (χ3n) is 2.96. The summed E-state index contributed by atoms with van der Waals surface area (Å²) in [6, 6.07) is 9.08. The molecule has 2 aromatic rings. The Morgan fingerprint density at radius 3 is 2.89 bits per heavy atom. The first kappa shape index (κ1) is 13.7. The third-order valence-corrected chi connectivity index (χ3v) is 4.34. The van der Waals surface area contributed by atoms with Crippen molar-refractivity contribution in [1.29, 1.82) is 0 Å². The van der Waals surface area contributed by atoms with E-state index >= 15 is 0 Å². The molecule has 0 radical (unpaired) electrons. The maximum absolute atomic E-state index is 4.40. The monoisotopic (exact) mass is 324 g/mol. The maximum atomic E-state index is 4.40. The summed E-state index contributed by atoms with van der Waals surface area (Å²) in [6.07, 6.45) is 2.92. The molecule has 4 heteroatoms. The zero-order valence-electron chi connectivity index (χ0n) is 10.6. The highest BCUT2D eigenvalue weighted by atomic mass is 79.9. The van der Waals surface area contributed by atoms with E-state index in [1.54, 1.807) is 11.3 Å². The van der Waals surface area contributed by atoms with E-state index in [1.807, 2.05) is 17.6 Å². The summed E-state index contributed by atoms with van der Waals surface area (Å²) in [5.41, 5.74) is 1.29. The summed E-state index contributed by atoms with van der Waals surface area (Å²) in [6.45, 7) is 4.38. The van der Waals surface area contributed by atoms with Gasteiger partial charge in [0, 0.05) is 22.1 Å². The number of halogens is 1. The molecule has 2 nitrogen and oxygen atoms in total. The zero-order chi connectivity index (χ0) is 13.0. The Kier molecular flexibility index (Phi) is 4.92. The molecule has 0 fully saturated rings. The van der Waals surface area contributed by atoms with E-state index in [-0.39, 0.29) is 0 Å². The Bertz CT molecular complexity index is 484. The highest BCUT2D eigenvalue weighted by Gasteiger charge is 2.15. The number of rotatable bonds is 5. The van der Waals surface area contributed by atoms with Crippen molar-refractivity contribution in [2.45, 2.75) is 32.4 Å². The van der Waals surface area contributed by atoms with Crippen molar-refractivity contribution in [1.82, 2.24) is 10.3 Å². The summed E-state index contributed by atoms with van der Waals surface area (Å²) >= 11 is 5.23. The van der Waals surface area contributed by atoms with Gasteiger partial charge >= 0.3 is 0 Å². The summed E-state index contributed by atoms with van der Waals surface area (Å²) in [7, 11) is 0. The summed E-state index contributed by atoms with van der Waals surface area (Å²) in [5.74, 6) is 0. The minimum absolute atomic E-state index is 0.316. The van der Waals surface area contributed by atoms with Gasteiger partial charge in [0.1, 0.15) is 5.01 Å². The van der Waals surface area contributed by atoms with E-state index in [9.17, 15) is 0 Å². The molecule has 0 amide bonds. The standard InChI is InChI=1S/C14H17BrN2S/c1-3-13(14-16-7-8-18-14)17-10(2)11-5-4-6-12(15)9-11/h4-10,13,17H,3H2,1-2H3. The van der Waals surface area contributed by atoms with Crippen LogP contribution in [0.2, 0.25) is 0 Å². The van der Waals surface area contributed by atoms with Crippen LogP contribution in [0.3, 0.4) is 0 Å². The fourth-order valence-electron chi connectivity index (χ4n) is 1.94. The average Bonchev–Trinajstić information content (AvgIpc) is 2.89. The van der Waals surface area contributed by atoms with Crippen molar-refractivity contribution >= 4 is 27.3 Å². The molecule has 2 unspecified atom stereocenters. The minimum atomic E-state index is 0.316. The van der Waals surface area contributed by atoms with Gasteiger partial charge in [0.25, 0.3) is 0 Å². The molecule has 0 aliphatic heterocycles. The van der Waals surface area contributed by atoms with Crippen molar-refractivity contribution in [3.63, 3.8) is 0 Å². The second kappa shape index (κ2) is 6.45. The Morgan fingerprint density at radius 2 is 2.28 bits per heavy atom. The van der Waals surface area contributed by atoms with Gasteiger partial charge in [0.05, 0.1) is 6.04 Å². The van der Waals surface area contributed by atoms with Crippen molar-refractivity contribution < 1.29 is 0 Å². The molecule has 2 rings (SSSR count). The summed E-state index contributed by atoms with van der Waals surface area (Å²) in [4.78, 5) is 4.40. The Labute approximate surface area is 121 Å². The van der Waals surface area contributed by atoms with Crippen LogP contribution in [-0.4, -0.2) is 4.98 Å². The molecule has 1 aromatic carbocycles. The number of hydrogen-bond acceptors (Lipinski definition) is 3. The molecule has 96 valence electrons. The number of hydrogen-bond donors (Lipinski definition) is 1. The lowest BCUT2D eigenvalue weighted by Crippen LogP contribution is -2.24. The molecule has 0 aliphatic rings. The van der Waals surface area contributed by atoms with Gasteiger partial charge < -0.3 is 5.32 Å². The Balaban J connectivity index is 2.08. The van der Waals surface area contributed by atoms with Crippen molar-refractivity contribution in [2.24, 2.45) is 0 Å². The van der Waals surface area contributed by atoms with E-state index in [0.29, 0.717) is 12.1 Å². The van der Waals surface area contributed by atoms with Crippen LogP contribution in [0.15, 0.2) is 40.3 Å². The number of thiazole rings is 1. The van der Waals surface area contributed by atoms with Crippen molar-refractivity contribution in [2.75, 3.05) is 0 Å². The fraction of sp³-hybridized carbons (Fsp3) is 0.357. The zero-order valence-corrected chi connectivity index (χ0v) is 13.0. The molecular weight excluding hydrogens is 308 g/mol. The summed E-state index contributed by atoms with van der Waals surface area (Å²) < 4.78 is 1.12. The van der Waals surface area contributed by atoms with Crippen LogP contribution in [-0.2, 0) is 0 Å². The SMILES string of the molecule is CCC(NC(C)c1cccc(Br)c1)c1nccs1. The fourth-order valence-corrected chi connectivity index (χ4v) is 3.14. The predicted octanol–water partition coefficient (Wildman–Crippen LogP) is 4.71. The van der Waals surface area contributed by atoms with Gasteiger partial charge in [-0.05, 0) is 31.0 Å². The lowest BCUT2D eigenvalue weighted by Gasteiger charge is -2.21. The lowest BCUT2D eigenvalue weighted by atomic mass is 10.1. The van der Waals surface area contributed by atoms with E-state index in [1.165, 1.54) is 10.6 Å². The molecule has 0 saturated heterocycles. The smallest absolute Gasteiger partial charge is 0.109 e. The van der Waals surface area contributed by atoms with E-state index < -0.39 is 0 Å². The summed E-state index contributed by atoms with van der Waals surface area (Å²) in [5, 5.41) is 6.84. The van der Waals surface area contributed by atoms with Gasteiger partial charge in [0.2, 0.25) is 0 Å². The van der Waals surface area contributed by atoms with E-state index in [2.05, 4.69) is 58.3 Å². The molecule has 18 heavy (non-hydrogen) atoms. The van der Waals surface area contributed by atoms with Gasteiger partial charge in [-0.3, -0.25) is 0 Å². The second-order valence-corrected chi connectivity index (χ2v) is 6.12. The molecule has 0 spiro atoms. The molecule has 1 N–H and O–H groups in total. The predicted molar refractivity (Wildman–Crippen MR) is 80.8 cm³/mol. The molecule has 0 bridgehead atoms. The van der Waals surface area contributed by atoms with Gasteiger partial charge in [-0.2, -0.15) is 0 Å². The Hall–Kier alpha value is -0.710. The van der Waals surface area contributed by atoms with Crippen LogP contribution in [0.4, 0.5) is 0 Å². The minimum Gasteiger partial charge on any atom is -0.301 e. The Morgan fingerprint density at radius 1 is 1.44 bits per heavy atom. The van der Waals surface area contributed by atoms with E-state index in [4.69, 9.17) is 0 Å².